The van der Waals surface area contributed by atoms with Gasteiger partial charge in [0.2, 0.25) is 5.91 Å². The number of hydrogen-bond donors (Lipinski definition) is 1. The number of ether oxygens (including phenoxy) is 3. The highest BCUT2D eigenvalue weighted by Crippen LogP contribution is 2.42. The van der Waals surface area contributed by atoms with E-state index in [1.807, 2.05) is 26.2 Å². The van der Waals surface area contributed by atoms with Crippen molar-refractivity contribution in [3.05, 3.63) is 52.0 Å². The molecule has 0 saturated heterocycles. The molecule has 0 fully saturated rings. The number of hydrogen-bond acceptors (Lipinski definition) is 8. The highest BCUT2D eigenvalue weighted by molar-refractivity contribution is 7.18. The Bertz CT molecular complexity index is 1400. The first kappa shape index (κ1) is 30.6. The lowest BCUT2D eigenvalue weighted by Crippen LogP contribution is -2.44. The maximum atomic E-state index is 14.0. The summed E-state index contributed by atoms with van der Waals surface area (Å²) in [7, 11) is 5.59. The molecule has 3 aromatic rings. The fourth-order valence-corrected chi connectivity index (χ4v) is 5.92. The van der Waals surface area contributed by atoms with E-state index in [2.05, 4.69) is 15.2 Å². The molecule has 41 heavy (non-hydrogen) atoms. The van der Waals surface area contributed by atoms with Gasteiger partial charge in [0.05, 0.1) is 42.3 Å². The maximum absolute atomic E-state index is 14.0. The summed E-state index contributed by atoms with van der Waals surface area (Å²) in [6, 6.07) is 5.90. The van der Waals surface area contributed by atoms with Gasteiger partial charge in [-0.05, 0) is 77.4 Å². The number of carbonyl (C=O) groups is 2. The summed E-state index contributed by atoms with van der Waals surface area (Å²) in [6.07, 6.45) is 0.822. The number of fused-ring (bicyclic) bond motifs is 2. The zero-order valence-electron chi connectivity index (χ0n) is 24.4. The molecule has 0 radical (unpaired) electrons. The molecule has 1 heterocycles. The van der Waals surface area contributed by atoms with E-state index in [-0.39, 0.29) is 25.8 Å². The lowest BCUT2D eigenvalue weighted by atomic mass is 9.80. The molecule has 222 valence electrons. The van der Waals surface area contributed by atoms with Crippen molar-refractivity contribution in [3.8, 4) is 11.5 Å². The third-order valence-corrected chi connectivity index (χ3v) is 7.83. The van der Waals surface area contributed by atoms with Crippen LogP contribution in [-0.2, 0) is 33.7 Å². The van der Waals surface area contributed by atoms with Crippen molar-refractivity contribution in [2.45, 2.75) is 58.6 Å². The highest BCUT2D eigenvalue weighted by atomic mass is 32.1. The minimum atomic E-state index is -1.24. The molecule has 0 atom stereocenters. The Kier molecular flexibility index (Phi) is 9.18. The molecule has 0 unspecified atom stereocenters. The predicted octanol–water partition coefficient (Wildman–Crippen LogP) is 5.05. The van der Waals surface area contributed by atoms with E-state index in [9.17, 15) is 18.4 Å². The number of amides is 1. The summed E-state index contributed by atoms with van der Waals surface area (Å²) in [4.78, 5) is 33.3. The maximum Gasteiger partial charge on any atom is 0.307 e. The van der Waals surface area contributed by atoms with Crippen molar-refractivity contribution in [1.29, 1.82) is 0 Å². The van der Waals surface area contributed by atoms with E-state index in [1.165, 1.54) is 11.3 Å². The largest absolute Gasteiger partial charge is 0.493 e. The molecule has 1 aliphatic carbocycles. The Morgan fingerprint density at radius 3 is 2.32 bits per heavy atom. The fourth-order valence-electron chi connectivity index (χ4n) is 5.01. The summed E-state index contributed by atoms with van der Waals surface area (Å²) in [5.74, 6) is -1.72. The first-order valence-electron chi connectivity index (χ1n) is 13.5. The molecule has 0 aliphatic heterocycles. The molecular formula is C30H37F2N3O5S. The molecule has 8 nitrogen and oxygen atoms in total. The van der Waals surface area contributed by atoms with Crippen molar-refractivity contribution < 1.29 is 32.6 Å². The number of aromatic nitrogens is 1. The summed E-state index contributed by atoms with van der Waals surface area (Å²) >= 11 is 1.41. The zero-order chi connectivity index (χ0) is 29.9. The highest BCUT2D eigenvalue weighted by Gasteiger charge is 2.46. The Labute approximate surface area is 243 Å². The SMILES string of the molecule is COc1cc2sc(CNC(=O)C3(CC(=O)OC(C)(C)C)Cc4cc(F)c(F)cc4C3)nc2cc1OCCCN(C)C. The third-order valence-electron chi connectivity index (χ3n) is 6.81. The van der Waals surface area contributed by atoms with Crippen LogP contribution in [0.1, 0.15) is 49.7 Å². The minimum Gasteiger partial charge on any atom is -0.493 e. The van der Waals surface area contributed by atoms with Crippen molar-refractivity contribution in [1.82, 2.24) is 15.2 Å². The van der Waals surface area contributed by atoms with Crippen molar-refractivity contribution in [3.63, 3.8) is 0 Å². The third kappa shape index (κ3) is 7.51. The number of rotatable bonds is 11. The number of halogens is 2. The van der Waals surface area contributed by atoms with Crippen molar-refractivity contribution >= 4 is 33.4 Å². The van der Waals surface area contributed by atoms with Gasteiger partial charge < -0.3 is 24.4 Å². The number of nitrogens with zero attached hydrogens (tertiary/aromatic N) is 2. The summed E-state index contributed by atoms with van der Waals surface area (Å²) in [5.41, 5.74) is -0.251. The van der Waals surface area contributed by atoms with Gasteiger partial charge in [0.25, 0.3) is 0 Å². The van der Waals surface area contributed by atoms with E-state index in [4.69, 9.17) is 14.2 Å². The number of esters is 1. The number of nitrogens with one attached hydrogen (secondary N) is 1. The van der Waals surface area contributed by atoms with Crippen LogP contribution in [0.3, 0.4) is 0 Å². The second kappa shape index (κ2) is 12.3. The van der Waals surface area contributed by atoms with Gasteiger partial charge in [-0.1, -0.05) is 0 Å². The van der Waals surface area contributed by atoms with Crippen LogP contribution >= 0.6 is 11.3 Å². The summed E-state index contributed by atoms with van der Waals surface area (Å²) in [6.45, 7) is 6.78. The van der Waals surface area contributed by atoms with Gasteiger partial charge in [0, 0.05) is 18.7 Å². The number of thiazole rings is 1. The van der Waals surface area contributed by atoms with Gasteiger partial charge in [0.1, 0.15) is 10.6 Å². The van der Waals surface area contributed by atoms with Crippen LogP contribution in [-0.4, -0.2) is 61.7 Å². The number of benzene rings is 2. The lowest BCUT2D eigenvalue weighted by molar-refractivity contribution is -0.160. The summed E-state index contributed by atoms with van der Waals surface area (Å²) in [5, 5.41) is 3.57. The van der Waals surface area contributed by atoms with Crippen LogP contribution in [0, 0.1) is 17.0 Å². The molecule has 11 heteroatoms. The Balaban J connectivity index is 1.51. The molecule has 0 spiro atoms. The van der Waals surface area contributed by atoms with Gasteiger partial charge in [-0.3, -0.25) is 9.59 Å². The molecular weight excluding hydrogens is 552 g/mol. The Morgan fingerprint density at radius 1 is 1.07 bits per heavy atom. The van der Waals surface area contributed by atoms with Gasteiger partial charge in [-0.2, -0.15) is 0 Å². The predicted molar refractivity (Wildman–Crippen MR) is 153 cm³/mol. The zero-order valence-corrected chi connectivity index (χ0v) is 25.2. The van der Waals surface area contributed by atoms with Crippen LogP contribution in [0.25, 0.3) is 10.2 Å². The molecule has 1 N–H and O–H groups in total. The van der Waals surface area contributed by atoms with E-state index in [0.29, 0.717) is 39.8 Å². The Morgan fingerprint density at radius 2 is 1.73 bits per heavy atom. The van der Waals surface area contributed by atoms with E-state index >= 15 is 0 Å². The Hall–Kier alpha value is -3.31. The fraction of sp³-hybridized carbons (Fsp3) is 0.500. The average molecular weight is 590 g/mol. The van der Waals surface area contributed by atoms with Gasteiger partial charge in [-0.25, -0.2) is 13.8 Å². The van der Waals surface area contributed by atoms with Crippen LogP contribution in [0.5, 0.6) is 11.5 Å². The molecule has 0 saturated carbocycles. The summed E-state index contributed by atoms with van der Waals surface area (Å²) < 4.78 is 45.8. The first-order chi connectivity index (χ1) is 19.3. The van der Waals surface area contributed by atoms with Crippen LogP contribution in [0.2, 0.25) is 0 Å². The topological polar surface area (TPSA) is 90.0 Å². The van der Waals surface area contributed by atoms with Crippen LogP contribution < -0.4 is 14.8 Å². The second-order valence-electron chi connectivity index (χ2n) is 11.7. The molecule has 2 aromatic carbocycles. The molecule has 1 amide bonds. The minimum absolute atomic E-state index is 0.0934. The second-order valence-corrected chi connectivity index (χ2v) is 12.8. The average Bonchev–Trinajstić information content (AvgIpc) is 3.43. The smallest absolute Gasteiger partial charge is 0.307 e. The van der Waals surface area contributed by atoms with Crippen molar-refractivity contribution in [2.75, 3.05) is 34.4 Å². The standard InChI is InChI=1S/C30H37F2N3O5S/c1-29(2,3)40-27(36)16-30(14-18-10-20(31)21(32)11-19(18)15-30)28(37)33-17-26-34-22-12-24(39-9-7-8-35(4)5)23(38-6)13-25(22)41-26/h10-13H,7-9,14-17H2,1-6H3,(H,33,37). The van der Waals surface area contributed by atoms with E-state index in [1.54, 1.807) is 27.9 Å². The number of carbonyl (C=O) groups excluding carboxylic acids is 2. The molecule has 1 aromatic heterocycles. The van der Waals surface area contributed by atoms with Crippen LogP contribution in [0.15, 0.2) is 24.3 Å². The number of methoxy groups -OCH3 is 1. The molecule has 1 aliphatic rings. The first-order valence-corrected chi connectivity index (χ1v) is 14.3. The van der Waals surface area contributed by atoms with Gasteiger partial charge in [0.15, 0.2) is 23.1 Å². The van der Waals surface area contributed by atoms with E-state index in [0.717, 1.165) is 29.8 Å². The van der Waals surface area contributed by atoms with E-state index < -0.39 is 34.5 Å². The van der Waals surface area contributed by atoms with Crippen molar-refractivity contribution in [2.24, 2.45) is 5.41 Å². The normalized spacial score (nSPS) is 14.3. The monoisotopic (exact) mass is 589 g/mol. The van der Waals surface area contributed by atoms with Gasteiger partial charge in [-0.15, -0.1) is 11.3 Å². The molecule has 0 bridgehead atoms. The van der Waals surface area contributed by atoms with Gasteiger partial charge >= 0.3 is 5.97 Å². The quantitative estimate of drug-likeness (QED) is 0.247. The lowest BCUT2D eigenvalue weighted by Gasteiger charge is -2.28. The molecule has 4 rings (SSSR count). The van der Waals surface area contributed by atoms with Crippen LogP contribution in [0.4, 0.5) is 8.78 Å².